The van der Waals surface area contributed by atoms with Gasteiger partial charge in [0.05, 0.1) is 28.8 Å². The first kappa shape index (κ1) is 27.5. The second-order valence-electron chi connectivity index (χ2n) is 10.7. The number of benzene rings is 4. The van der Waals surface area contributed by atoms with Crippen LogP contribution in [0.3, 0.4) is 0 Å². The first-order chi connectivity index (χ1) is 20.4. The molecule has 0 amide bonds. The molecule has 0 bridgehead atoms. The number of halogens is 1. The highest BCUT2D eigenvalue weighted by molar-refractivity contribution is 6.32. The molecule has 212 valence electrons. The van der Waals surface area contributed by atoms with E-state index in [0.29, 0.717) is 28.4 Å². The fourth-order valence-corrected chi connectivity index (χ4v) is 6.06. The molecule has 3 atom stereocenters. The summed E-state index contributed by atoms with van der Waals surface area (Å²) in [4.78, 5) is 15.1. The summed E-state index contributed by atoms with van der Waals surface area (Å²) in [5.41, 5.74) is 7.55. The molecular weight excluding hydrogens is 550 g/mol. The Morgan fingerprint density at radius 1 is 1.07 bits per heavy atom. The van der Waals surface area contributed by atoms with Gasteiger partial charge in [-0.2, -0.15) is 0 Å². The monoisotopic (exact) mass is 579 g/mol. The van der Waals surface area contributed by atoms with Crippen molar-refractivity contribution in [1.29, 1.82) is 0 Å². The van der Waals surface area contributed by atoms with Crippen molar-refractivity contribution in [3.63, 3.8) is 0 Å². The molecule has 0 fully saturated rings. The SMILES string of the molecule is COc1cc(C=Nc2ccc([C@@H]3Nc4ccc(C)cc4[C@H]4C=CC[C@@H]43)cc2)cc(Cl)c1OCc1ccc([N+](=O)[O-])cc1. The van der Waals surface area contributed by atoms with E-state index in [4.69, 9.17) is 21.1 Å². The lowest BCUT2D eigenvalue weighted by molar-refractivity contribution is -0.384. The average molecular weight is 580 g/mol. The summed E-state index contributed by atoms with van der Waals surface area (Å²) < 4.78 is 11.4. The smallest absolute Gasteiger partial charge is 0.269 e. The molecule has 4 aromatic carbocycles. The number of aliphatic imine (C=N–C) groups is 1. The van der Waals surface area contributed by atoms with Gasteiger partial charge in [-0.1, -0.05) is 53.6 Å². The highest BCUT2D eigenvalue weighted by atomic mass is 35.5. The topological polar surface area (TPSA) is 86.0 Å². The lowest BCUT2D eigenvalue weighted by atomic mass is 9.76. The molecule has 0 aromatic heterocycles. The molecule has 0 spiro atoms. The van der Waals surface area contributed by atoms with Crippen LogP contribution in [-0.4, -0.2) is 18.2 Å². The van der Waals surface area contributed by atoms with Gasteiger partial charge in [0.1, 0.15) is 6.61 Å². The van der Waals surface area contributed by atoms with Gasteiger partial charge >= 0.3 is 0 Å². The lowest BCUT2D eigenvalue weighted by Gasteiger charge is -2.37. The van der Waals surface area contributed by atoms with Gasteiger partial charge in [0.2, 0.25) is 0 Å². The maximum Gasteiger partial charge on any atom is 0.269 e. The number of allylic oxidation sites excluding steroid dienone is 2. The van der Waals surface area contributed by atoms with E-state index in [2.05, 4.69) is 59.7 Å². The second-order valence-corrected chi connectivity index (χ2v) is 11.1. The van der Waals surface area contributed by atoms with Crippen molar-refractivity contribution in [2.45, 2.75) is 31.9 Å². The number of non-ortho nitro benzene ring substituents is 1. The van der Waals surface area contributed by atoms with Crippen LogP contribution in [0.2, 0.25) is 5.02 Å². The van der Waals surface area contributed by atoms with Crippen molar-refractivity contribution in [3.05, 3.63) is 134 Å². The maximum absolute atomic E-state index is 10.9. The van der Waals surface area contributed by atoms with E-state index in [-0.39, 0.29) is 18.3 Å². The molecule has 1 aliphatic heterocycles. The van der Waals surface area contributed by atoms with E-state index in [1.807, 2.05) is 18.2 Å². The summed E-state index contributed by atoms with van der Waals surface area (Å²) in [6, 6.07) is 25.1. The molecule has 4 aromatic rings. The molecule has 8 heteroatoms. The van der Waals surface area contributed by atoms with Crippen molar-refractivity contribution in [3.8, 4) is 11.5 Å². The number of hydrogen-bond donors (Lipinski definition) is 1. The highest BCUT2D eigenvalue weighted by Crippen LogP contribution is 2.50. The Morgan fingerprint density at radius 2 is 1.86 bits per heavy atom. The predicted molar refractivity (Wildman–Crippen MR) is 167 cm³/mol. The van der Waals surface area contributed by atoms with Crippen LogP contribution in [0.4, 0.5) is 17.1 Å². The van der Waals surface area contributed by atoms with Crippen LogP contribution in [0.25, 0.3) is 0 Å². The van der Waals surface area contributed by atoms with Crippen LogP contribution in [-0.2, 0) is 6.61 Å². The zero-order chi connectivity index (χ0) is 29.2. The standard InChI is InChI=1S/C34H30ClN3O4/c1-21-6-15-31-29(16-21)27-4-3-5-28(27)33(37-31)24-9-11-25(12-10-24)36-19-23-17-30(35)34(32(18-23)41-2)42-20-22-7-13-26(14-8-22)38(39)40/h3-4,6-19,27-28,33,37H,5,20H2,1-2H3/t27-,28-,33-/m0/s1. The minimum atomic E-state index is -0.435. The number of methoxy groups -OCH3 is 1. The molecule has 0 unspecified atom stereocenters. The largest absolute Gasteiger partial charge is 0.493 e. The van der Waals surface area contributed by atoms with E-state index in [9.17, 15) is 10.1 Å². The third-order valence-corrected chi connectivity index (χ3v) is 8.20. The minimum absolute atomic E-state index is 0.0267. The number of nitro groups is 1. The molecule has 2 aliphatic rings. The molecule has 1 heterocycles. The zero-order valence-electron chi connectivity index (χ0n) is 23.3. The third-order valence-electron chi connectivity index (χ3n) is 7.92. The number of anilines is 1. The van der Waals surface area contributed by atoms with Crippen LogP contribution < -0.4 is 14.8 Å². The number of fused-ring (bicyclic) bond motifs is 3. The number of nitro benzene ring substituents is 1. The molecule has 0 saturated heterocycles. The lowest BCUT2D eigenvalue weighted by Crippen LogP contribution is -2.29. The number of rotatable bonds is 8. The van der Waals surface area contributed by atoms with Crippen molar-refractivity contribution in [1.82, 2.24) is 0 Å². The van der Waals surface area contributed by atoms with E-state index in [1.165, 1.54) is 34.5 Å². The van der Waals surface area contributed by atoms with E-state index < -0.39 is 4.92 Å². The van der Waals surface area contributed by atoms with Gasteiger partial charge in [-0.05, 0) is 84.0 Å². The molecule has 1 aliphatic carbocycles. The Bertz CT molecular complexity index is 1680. The number of nitrogens with one attached hydrogen (secondary N) is 1. The summed E-state index contributed by atoms with van der Waals surface area (Å²) in [5, 5.41) is 15.1. The van der Waals surface area contributed by atoms with Gasteiger partial charge in [-0.25, -0.2) is 0 Å². The first-order valence-corrected chi connectivity index (χ1v) is 14.2. The van der Waals surface area contributed by atoms with Crippen LogP contribution >= 0.6 is 11.6 Å². The summed E-state index contributed by atoms with van der Waals surface area (Å²) in [5.74, 6) is 1.80. The van der Waals surface area contributed by atoms with Crippen molar-refractivity contribution in [2.24, 2.45) is 10.9 Å². The van der Waals surface area contributed by atoms with Crippen molar-refractivity contribution in [2.75, 3.05) is 12.4 Å². The van der Waals surface area contributed by atoms with Gasteiger partial charge in [0, 0.05) is 30.0 Å². The molecule has 0 saturated carbocycles. The molecule has 7 nitrogen and oxygen atoms in total. The van der Waals surface area contributed by atoms with Crippen LogP contribution in [0.5, 0.6) is 11.5 Å². The highest BCUT2D eigenvalue weighted by Gasteiger charge is 2.37. The Kier molecular flexibility index (Phi) is 7.68. The number of nitrogens with zero attached hydrogens (tertiary/aromatic N) is 2. The number of hydrogen-bond acceptors (Lipinski definition) is 6. The Balaban J connectivity index is 1.15. The first-order valence-electron chi connectivity index (χ1n) is 13.8. The molecule has 1 N–H and O–H groups in total. The quantitative estimate of drug-likeness (QED) is 0.0976. The van der Waals surface area contributed by atoms with Crippen LogP contribution in [0, 0.1) is 23.0 Å². The normalized spacial score (nSPS) is 18.8. The van der Waals surface area contributed by atoms with Crippen LogP contribution in [0.15, 0.2) is 96.0 Å². The Morgan fingerprint density at radius 3 is 2.60 bits per heavy atom. The minimum Gasteiger partial charge on any atom is -0.493 e. The summed E-state index contributed by atoms with van der Waals surface area (Å²) >= 11 is 6.56. The summed E-state index contributed by atoms with van der Waals surface area (Å²) in [6.45, 7) is 2.34. The molecule has 0 radical (unpaired) electrons. The van der Waals surface area contributed by atoms with Gasteiger partial charge < -0.3 is 14.8 Å². The number of aryl methyl sites for hydroxylation is 1. The summed E-state index contributed by atoms with van der Waals surface area (Å²) in [7, 11) is 1.55. The van der Waals surface area contributed by atoms with Gasteiger partial charge in [-0.15, -0.1) is 0 Å². The average Bonchev–Trinajstić information content (AvgIpc) is 3.50. The van der Waals surface area contributed by atoms with Crippen LogP contribution in [0.1, 0.15) is 46.2 Å². The van der Waals surface area contributed by atoms with Gasteiger partial charge in [-0.3, -0.25) is 15.1 Å². The van der Waals surface area contributed by atoms with Gasteiger partial charge in [0.25, 0.3) is 5.69 Å². The summed E-state index contributed by atoms with van der Waals surface area (Å²) in [6.07, 6.45) is 7.48. The fraction of sp³-hybridized carbons (Fsp3) is 0.206. The Labute approximate surface area is 249 Å². The fourth-order valence-electron chi connectivity index (χ4n) is 5.78. The van der Waals surface area contributed by atoms with Gasteiger partial charge in [0.15, 0.2) is 11.5 Å². The zero-order valence-corrected chi connectivity index (χ0v) is 24.0. The maximum atomic E-state index is 10.9. The molecular formula is C34H30ClN3O4. The van der Waals surface area contributed by atoms with E-state index in [1.54, 1.807) is 31.5 Å². The molecule has 6 rings (SSSR count). The number of ether oxygens (including phenoxy) is 2. The molecule has 42 heavy (non-hydrogen) atoms. The van der Waals surface area contributed by atoms with E-state index >= 15 is 0 Å². The van der Waals surface area contributed by atoms with Crippen molar-refractivity contribution < 1.29 is 14.4 Å². The Hall–Kier alpha value is -4.62. The second kappa shape index (κ2) is 11.7. The van der Waals surface area contributed by atoms with Crippen molar-refractivity contribution >= 4 is 34.9 Å². The third kappa shape index (κ3) is 5.60. The van der Waals surface area contributed by atoms with E-state index in [0.717, 1.165) is 23.2 Å². The predicted octanol–water partition coefficient (Wildman–Crippen LogP) is 8.72.